The third-order valence-electron chi connectivity index (χ3n) is 5.35. The number of aliphatic hydroxyl groups excluding tert-OH is 1. The number of ether oxygens (including phenoxy) is 1. The first-order chi connectivity index (χ1) is 14.4. The molecule has 0 aliphatic heterocycles. The van der Waals surface area contributed by atoms with Crippen LogP contribution in [0.3, 0.4) is 0 Å². The van der Waals surface area contributed by atoms with E-state index in [1.165, 1.54) is 0 Å². The molecule has 1 unspecified atom stereocenters. The number of carbonyl (C=O) groups excluding carboxylic acids is 1. The van der Waals surface area contributed by atoms with Gasteiger partial charge in [-0.2, -0.15) is 0 Å². The van der Waals surface area contributed by atoms with Gasteiger partial charge in [-0.1, -0.05) is 57.2 Å². The van der Waals surface area contributed by atoms with E-state index in [1.807, 2.05) is 30.3 Å². The quantitative estimate of drug-likeness (QED) is 0.280. The number of rotatable bonds is 11. The number of benzene rings is 2. The molecular formula is C26H33FO3. The maximum absolute atomic E-state index is 14.9. The number of aryl methyl sites for hydroxylation is 1. The van der Waals surface area contributed by atoms with Crippen LogP contribution < -0.4 is 0 Å². The lowest BCUT2D eigenvalue weighted by molar-refractivity contribution is -0.139. The third kappa shape index (κ3) is 6.53. The van der Waals surface area contributed by atoms with Crippen molar-refractivity contribution in [3.63, 3.8) is 0 Å². The van der Waals surface area contributed by atoms with Gasteiger partial charge in [-0.3, -0.25) is 0 Å². The molecule has 2 rings (SSSR count). The average Bonchev–Trinajstić information content (AvgIpc) is 2.72. The summed E-state index contributed by atoms with van der Waals surface area (Å²) < 4.78 is 20.0. The number of halogens is 1. The van der Waals surface area contributed by atoms with Gasteiger partial charge in [0.2, 0.25) is 0 Å². The Morgan fingerprint density at radius 2 is 1.93 bits per heavy atom. The molecule has 0 fully saturated rings. The molecule has 0 spiro atoms. The minimum absolute atomic E-state index is 0.0510. The summed E-state index contributed by atoms with van der Waals surface area (Å²) in [4.78, 5) is 11.5. The van der Waals surface area contributed by atoms with Crippen LogP contribution in [0.25, 0.3) is 11.1 Å². The summed E-state index contributed by atoms with van der Waals surface area (Å²) >= 11 is 0. The first kappa shape index (κ1) is 23.8. The lowest BCUT2D eigenvalue weighted by Crippen LogP contribution is -2.07. The lowest BCUT2D eigenvalue weighted by atomic mass is 9.92. The van der Waals surface area contributed by atoms with Crippen LogP contribution in [0.5, 0.6) is 0 Å². The van der Waals surface area contributed by atoms with Gasteiger partial charge in [-0.15, -0.1) is 0 Å². The van der Waals surface area contributed by atoms with Crippen LogP contribution in [0.4, 0.5) is 4.39 Å². The molecule has 1 N–H and O–H groups in total. The Kier molecular flexibility index (Phi) is 9.25. The topological polar surface area (TPSA) is 46.5 Å². The molecule has 2 aromatic rings. The molecule has 0 aliphatic carbocycles. The molecule has 0 bridgehead atoms. The van der Waals surface area contributed by atoms with Gasteiger partial charge in [-0.05, 0) is 66.8 Å². The van der Waals surface area contributed by atoms with Crippen molar-refractivity contribution < 1.29 is 19.0 Å². The predicted molar refractivity (Wildman–Crippen MR) is 120 cm³/mol. The highest BCUT2D eigenvalue weighted by atomic mass is 19.1. The molecule has 0 saturated heterocycles. The van der Waals surface area contributed by atoms with Crippen LogP contribution in [-0.4, -0.2) is 24.3 Å². The second-order valence-electron chi connectivity index (χ2n) is 7.91. The van der Waals surface area contributed by atoms with Gasteiger partial charge in [0.15, 0.2) is 0 Å². The summed E-state index contributed by atoms with van der Waals surface area (Å²) in [5.41, 5.74) is 4.86. The molecule has 0 saturated carbocycles. The number of hydrogen-bond donors (Lipinski definition) is 1. The van der Waals surface area contributed by atoms with Crippen molar-refractivity contribution in [2.75, 3.05) is 13.2 Å². The number of esters is 1. The van der Waals surface area contributed by atoms with Crippen molar-refractivity contribution >= 4 is 5.97 Å². The van der Waals surface area contributed by atoms with E-state index in [0.29, 0.717) is 42.9 Å². The Morgan fingerprint density at radius 3 is 2.57 bits per heavy atom. The fourth-order valence-electron chi connectivity index (χ4n) is 3.61. The Bertz CT molecular complexity index is 873. The summed E-state index contributed by atoms with van der Waals surface area (Å²) in [5, 5.41) is 9.37. The largest absolute Gasteiger partial charge is 0.462 e. The molecule has 1 atom stereocenters. The smallest absolute Gasteiger partial charge is 0.333 e. The van der Waals surface area contributed by atoms with Crippen molar-refractivity contribution in [1.82, 2.24) is 0 Å². The van der Waals surface area contributed by atoms with E-state index in [1.54, 1.807) is 13.0 Å². The maximum atomic E-state index is 14.9. The highest BCUT2D eigenvalue weighted by Crippen LogP contribution is 2.30. The molecule has 3 nitrogen and oxygen atoms in total. The van der Waals surface area contributed by atoms with Crippen molar-refractivity contribution in [1.29, 1.82) is 0 Å². The molecule has 0 amide bonds. The van der Waals surface area contributed by atoms with Crippen LogP contribution >= 0.6 is 0 Å². The molecule has 0 aromatic heterocycles. The summed E-state index contributed by atoms with van der Waals surface area (Å²) in [6.07, 6.45) is 3.98. The number of hydrogen-bond acceptors (Lipinski definition) is 3. The average molecular weight is 413 g/mol. The number of carbonyl (C=O) groups is 1. The van der Waals surface area contributed by atoms with Gasteiger partial charge >= 0.3 is 5.97 Å². The monoisotopic (exact) mass is 412 g/mol. The standard InChI is InChI=1S/C26H33FO3/c1-5-7-19(4)21-11-12-24(25(27)17-21)23-10-9-20(13-14-28)22(16-23)8-6-15-30-26(29)18(2)3/h9-12,16-17,19,28H,2,5-8,13-15H2,1,3-4H3. The fourth-order valence-corrected chi connectivity index (χ4v) is 3.61. The van der Waals surface area contributed by atoms with E-state index in [0.717, 1.165) is 35.1 Å². The zero-order chi connectivity index (χ0) is 22.1. The zero-order valence-corrected chi connectivity index (χ0v) is 18.3. The molecule has 4 heteroatoms. The lowest BCUT2D eigenvalue weighted by Gasteiger charge is -2.15. The van der Waals surface area contributed by atoms with Gasteiger partial charge in [0.25, 0.3) is 0 Å². The van der Waals surface area contributed by atoms with Gasteiger partial charge in [0.1, 0.15) is 5.82 Å². The zero-order valence-electron chi connectivity index (χ0n) is 18.3. The fraction of sp³-hybridized carbons (Fsp3) is 0.423. The summed E-state index contributed by atoms with van der Waals surface area (Å²) in [7, 11) is 0. The Hall–Kier alpha value is -2.46. The summed E-state index contributed by atoms with van der Waals surface area (Å²) in [6.45, 7) is 9.80. The van der Waals surface area contributed by atoms with Crippen molar-refractivity contribution in [3.8, 4) is 11.1 Å². The molecule has 162 valence electrons. The SMILES string of the molecule is C=C(C)C(=O)OCCCc1cc(-c2ccc(C(C)CCC)cc2F)ccc1CCO. The minimum atomic E-state index is -0.390. The van der Waals surface area contributed by atoms with E-state index in [2.05, 4.69) is 20.4 Å². The second-order valence-corrected chi connectivity index (χ2v) is 7.91. The summed E-state index contributed by atoms with van der Waals surface area (Å²) in [6, 6.07) is 11.4. The van der Waals surface area contributed by atoms with Crippen molar-refractivity contribution in [3.05, 3.63) is 71.1 Å². The maximum Gasteiger partial charge on any atom is 0.333 e. The first-order valence-electron chi connectivity index (χ1n) is 10.7. The molecule has 30 heavy (non-hydrogen) atoms. The Balaban J connectivity index is 2.20. The van der Waals surface area contributed by atoms with Crippen LogP contribution in [0.15, 0.2) is 48.6 Å². The minimum Gasteiger partial charge on any atom is -0.462 e. The highest BCUT2D eigenvalue weighted by Gasteiger charge is 2.12. The van der Waals surface area contributed by atoms with Crippen LogP contribution in [0.2, 0.25) is 0 Å². The van der Waals surface area contributed by atoms with E-state index < -0.39 is 5.97 Å². The van der Waals surface area contributed by atoms with Crippen LogP contribution in [0.1, 0.15) is 62.6 Å². The molecule has 0 aliphatic rings. The molecule has 0 heterocycles. The summed E-state index contributed by atoms with van der Waals surface area (Å²) in [5.74, 6) is -0.270. The second kappa shape index (κ2) is 11.7. The number of aliphatic hydroxyl groups is 1. The normalized spacial score (nSPS) is 11.9. The predicted octanol–water partition coefficient (Wildman–Crippen LogP) is 5.98. The van der Waals surface area contributed by atoms with Gasteiger partial charge in [0.05, 0.1) is 6.61 Å². The molecule has 0 radical (unpaired) electrons. The first-order valence-corrected chi connectivity index (χ1v) is 10.7. The Morgan fingerprint density at radius 1 is 1.17 bits per heavy atom. The molecular weight excluding hydrogens is 379 g/mol. The van der Waals surface area contributed by atoms with E-state index in [-0.39, 0.29) is 12.4 Å². The van der Waals surface area contributed by atoms with E-state index in [9.17, 15) is 14.3 Å². The van der Waals surface area contributed by atoms with Crippen LogP contribution in [0, 0.1) is 5.82 Å². The third-order valence-corrected chi connectivity index (χ3v) is 5.35. The molecule has 2 aromatic carbocycles. The highest BCUT2D eigenvalue weighted by molar-refractivity contribution is 5.86. The van der Waals surface area contributed by atoms with Gasteiger partial charge in [-0.25, -0.2) is 9.18 Å². The van der Waals surface area contributed by atoms with Gasteiger partial charge < -0.3 is 9.84 Å². The van der Waals surface area contributed by atoms with E-state index in [4.69, 9.17) is 4.74 Å². The van der Waals surface area contributed by atoms with Crippen molar-refractivity contribution in [2.45, 2.75) is 58.8 Å². The van der Waals surface area contributed by atoms with Crippen molar-refractivity contribution in [2.24, 2.45) is 0 Å². The van der Waals surface area contributed by atoms with E-state index >= 15 is 0 Å². The van der Waals surface area contributed by atoms with Gasteiger partial charge in [0, 0.05) is 17.7 Å². The van der Waals surface area contributed by atoms with Crippen LogP contribution in [-0.2, 0) is 22.4 Å². The Labute approximate surface area is 179 Å².